The zero-order valence-electron chi connectivity index (χ0n) is 10.7. The largest absolute Gasteiger partial charge is 0.216 e. The first-order valence-corrected chi connectivity index (χ1v) is 7.73. The molecule has 5 heteroatoms. The Labute approximate surface area is 114 Å². The Morgan fingerprint density at radius 2 is 2.22 bits per heavy atom. The second-order valence-electron chi connectivity index (χ2n) is 4.81. The number of rotatable bonds is 3. The van der Waals surface area contributed by atoms with Crippen molar-refractivity contribution in [3.63, 3.8) is 0 Å². The van der Waals surface area contributed by atoms with Crippen molar-refractivity contribution in [3.8, 4) is 10.6 Å². The molecule has 3 aromatic heterocycles. The Morgan fingerprint density at radius 1 is 1.39 bits per heavy atom. The minimum atomic E-state index is 0.637. The lowest BCUT2D eigenvalue weighted by molar-refractivity contribution is 0.636. The molecular weight excluding hydrogens is 262 g/mol. The molecule has 0 aliphatic rings. The van der Waals surface area contributed by atoms with Gasteiger partial charge in [-0.3, -0.25) is 0 Å². The summed E-state index contributed by atoms with van der Waals surface area (Å²) in [5.74, 6) is 0.637. The van der Waals surface area contributed by atoms with Gasteiger partial charge < -0.3 is 0 Å². The van der Waals surface area contributed by atoms with E-state index in [1.165, 1.54) is 9.88 Å². The average Bonchev–Trinajstić information content (AvgIpc) is 2.96. The molecule has 0 fully saturated rings. The maximum absolute atomic E-state index is 4.71. The van der Waals surface area contributed by atoms with Gasteiger partial charge in [-0.1, -0.05) is 31.3 Å². The summed E-state index contributed by atoms with van der Waals surface area (Å²) < 4.78 is 1.98. The van der Waals surface area contributed by atoms with Crippen LogP contribution in [-0.2, 0) is 6.42 Å². The third-order valence-corrected chi connectivity index (χ3v) is 4.61. The van der Waals surface area contributed by atoms with Gasteiger partial charge in [-0.15, -0.1) is 11.3 Å². The Hall–Kier alpha value is -1.20. The Bertz CT molecular complexity index is 662. The second kappa shape index (κ2) is 4.48. The molecule has 0 bridgehead atoms. The molecule has 0 amide bonds. The molecule has 0 saturated heterocycles. The van der Waals surface area contributed by atoms with Crippen LogP contribution >= 0.6 is 22.7 Å². The molecule has 18 heavy (non-hydrogen) atoms. The molecule has 0 N–H and O–H groups in total. The topological polar surface area (TPSA) is 30.2 Å². The SMILES string of the molecule is Cc1c(-c2cccs2)nc2sc(CC(C)C)nn12. The van der Waals surface area contributed by atoms with Crippen LogP contribution in [0.2, 0.25) is 0 Å². The van der Waals surface area contributed by atoms with Crippen LogP contribution in [0, 0.1) is 12.8 Å². The highest BCUT2D eigenvalue weighted by Gasteiger charge is 2.15. The van der Waals surface area contributed by atoms with E-state index in [1.807, 2.05) is 4.52 Å². The molecule has 0 aliphatic carbocycles. The minimum Gasteiger partial charge on any atom is -0.216 e. The fraction of sp³-hybridized carbons (Fsp3) is 0.385. The van der Waals surface area contributed by atoms with Crippen LogP contribution in [0.3, 0.4) is 0 Å². The highest BCUT2D eigenvalue weighted by atomic mass is 32.1. The van der Waals surface area contributed by atoms with Crippen molar-refractivity contribution in [2.75, 3.05) is 0 Å². The lowest BCUT2D eigenvalue weighted by Gasteiger charge is -1.98. The number of fused-ring (bicyclic) bond motifs is 1. The van der Waals surface area contributed by atoms with Gasteiger partial charge in [-0.2, -0.15) is 5.10 Å². The Morgan fingerprint density at radius 3 is 2.83 bits per heavy atom. The molecule has 0 atom stereocenters. The number of hydrogen-bond acceptors (Lipinski definition) is 4. The number of thiophene rings is 1. The molecule has 3 rings (SSSR count). The Balaban J connectivity index is 2.06. The van der Waals surface area contributed by atoms with Crippen molar-refractivity contribution >= 4 is 27.6 Å². The van der Waals surface area contributed by atoms with E-state index in [0.717, 1.165) is 22.8 Å². The van der Waals surface area contributed by atoms with Crippen LogP contribution in [0.5, 0.6) is 0 Å². The van der Waals surface area contributed by atoms with Crippen LogP contribution in [0.15, 0.2) is 17.5 Å². The highest BCUT2D eigenvalue weighted by molar-refractivity contribution is 7.16. The van der Waals surface area contributed by atoms with Crippen LogP contribution in [0.4, 0.5) is 0 Å². The summed E-state index contributed by atoms with van der Waals surface area (Å²) in [6.45, 7) is 6.52. The lowest BCUT2D eigenvalue weighted by atomic mass is 10.1. The first-order chi connectivity index (χ1) is 8.65. The quantitative estimate of drug-likeness (QED) is 0.723. The van der Waals surface area contributed by atoms with Crippen LogP contribution in [-0.4, -0.2) is 14.6 Å². The smallest absolute Gasteiger partial charge is 0.212 e. The van der Waals surface area contributed by atoms with E-state index in [1.54, 1.807) is 22.7 Å². The third-order valence-electron chi connectivity index (χ3n) is 2.81. The average molecular weight is 277 g/mol. The summed E-state index contributed by atoms with van der Waals surface area (Å²) in [4.78, 5) is 6.94. The Kier molecular flexibility index (Phi) is 2.95. The van der Waals surface area contributed by atoms with Crippen molar-refractivity contribution < 1.29 is 0 Å². The van der Waals surface area contributed by atoms with E-state index in [0.29, 0.717) is 5.92 Å². The summed E-state index contributed by atoms with van der Waals surface area (Å²) in [5, 5.41) is 7.92. The molecule has 3 nitrogen and oxygen atoms in total. The zero-order valence-corrected chi connectivity index (χ0v) is 12.3. The zero-order chi connectivity index (χ0) is 12.7. The molecule has 0 unspecified atom stereocenters. The number of aromatic nitrogens is 3. The normalized spacial score (nSPS) is 11.8. The van der Waals surface area contributed by atoms with Crippen molar-refractivity contribution in [2.45, 2.75) is 27.2 Å². The van der Waals surface area contributed by atoms with E-state index >= 15 is 0 Å². The third kappa shape index (κ3) is 1.97. The second-order valence-corrected chi connectivity index (χ2v) is 6.80. The van der Waals surface area contributed by atoms with E-state index < -0.39 is 0 Å². The van der Waals surface area contributed by atoms with Crippen molar-refractivity contribution in [1.82, 2.24) is 14.6 Å². The molecule has 0 saturated carbocycles. The first-order valence-electron chi connectivity index (χ1n) is 6.04. The van der Waals surface area contributed by atoms with Crippen molar-refractivity contribution in [2.24, 2.45) is 5.92 Å². The van der Waals surface area contributed by atoms with E-state index in [2.05, 4.69) is 43.4 Å². The van der Waals surface area contributed by atoms with Gasteiger partial charge in [0.2, 0.25) is 4.96 Å². The number of nitrogens with zero attached hydrogens (tertiary/aromatic N) is 3. The van der Waals surface area contributed by atoms with Crippen molar-refractivity contribution in [1.29, 1.82) is 0 Å². The van der Waals surface area contributed by atoms with E-state index in [9.17, 15) is 0 Å². The molecule has 94 valence electrons. The summed E-state index contributed by atoms with van der Waals surface area (Å²) >= 11 is 3.43. The molecule has 3 heterocycles. The molecule has 0 spiro atoms. The van der Waals surface area contributed by atoms with Gasteiger partial charge in [0.05, 0.1) is 10.6 Å². The summed E-state index contributed by atoms with van der Waals surface area (Å²) in [6, 6.07) is 4.17. The molecule has 0 radical (unpaired) electrons. The number of imidazole rings is 1. The maximum atomic E-state index is 4.71. The monoisotopic (exact) mass is 277 g/mol. The molecule has 3 aromatic rings. The van der Waals surface area contributed by atoms with Gasteiger partial charge in [0, 0.05) is 6.42 Å². The van der Waals surface area contributed by atoms with E-state index in [4.69, 9.17) is 4.98 Å². The molecular formula is C13H15N3S2. The summed E-state index contributed by atoms with van der Waals surface area (Å²) in [6.07, 6.45) is 1.03. The van der Waals surface area contributed by atoms with Gasteiger partial charge in [0.1, 0.15) is 10.7 Å². The number of aryl methyl sites for hydroxylation is 1. The highest BCUT2D eigenvalue weighted by Crippen LogP contribution is 2.29. The van der Waals surface area contributed by atoms with Gasteiger partial charge in [0.25, 0.3) is 0 Å². The van der Waals surface area contributed by atoms with Gasteiger partial charge in [-0.05, 0) is 24.3 Å². The predicted octanol–water partition coefficient (Wildman–Crippen LogP) is 4.03. The van der Waals surface area contributed by atoms with Crippen LogP contribution < -0.4 is 0 Å². The first kappa shape index (κ1) is 11.9. The summed E-state index contributed by atoms with van der Waals surface area (Å²) in [7, 11) is 0. The van der Waals surface area contributed by atoms with Crippen LogP contribution in [0.25, 0.3) is 15.5 Å². The molecule has 0 aromatic carbocycles. The van der Waals surface area contributed by atoms with Gasteiger partial charge in [0.15, 0.2) is 0 Å². The van der Waals surface area contributed by atoms with Crippen LogP contribution in [0.1, 0.15) is 24.5 Å². The fourth-order valence-electron chi connectivity index (χ4n) is 1.97. The van der Waals surface area contributed by atoms with Gasteiger partial charge in [-0.25, -0.2) is 9.50 Å². The molecule has 0 aliphatic heterocycles. The van der Waals surface area contributed by atoms with E-state index in [-0.39, 0.29) is 0 Å². The fourth-order valence-corrected chi connectivity index (χ4v) is 3.88. The number of hydrogen-bond donors (Lipinski definition) is 0. The summed E-state index contributed by atoms with van der Waals surface area (Å²) in [5.41, 5.74) is 2.21. The van der Waals surface area contributed by atoms with Gasteiger partial charge >= 0.3 is 0 Å². The van der Waals surface area contributed by atoms with Crippen molar-refractivity contribution in [3.05, 3.63) is 28.2 Å². The predicted molar refractivity (Wildman–Crippen MR) is 77.5 cm³/mol. The minimum absolute atomic E-state index is 0.637. The lowest BCUT2D eigenvalue weighted by Crippen LogP contribution is -1.95. The maximum Gasteiger partial charge on any atom is 0.212 e. The standard InChI is InChI=1S/C13H15N3S2/c1-8(2)7-11-15-16-9(3)12(14-13(16)18-11)10-5-4-6-17-10/h4-6,8H,7H2,1-3H3.